The summed E-state index contributed by atoms with van der Waals surface area (Å²) in [6.45, 7) is 3.27. The molecule has 1 aliphatic carbocycles. The number of amides is 2. The Balaban J connectivity index is 1.41. The SMILES string of the molecule is O=C(Cn1ccnn1)N1CCC2(CCCN(CC3CC3)C2=O)C1. The highest BCUT2D eigenvalue weighted by Gasteiger charge is 2.49. The molecule has 0 N–H and O–H groups in total. The molecule has 3 fully saturated rings. The minimum absolute atomic E-state index is 0.0273. The second kappa shape index (κ2) is 5.62. The van der Waals surface area contributed by atoms with Gasteiger partial charge in [-0.05, 0) is 38.0 Å². The lowest BCUT2D eigenvalue weighted by molar-refractivity contribution is -0.146. The summed E-state index contributed by atoms with van der Waals surface area (Å²) in [5, 5.41) is 7.56. The number of carbonyl (C=O) groups is 2. The molecule has 1 atom stereocenters. The van der Waals surface area contributed by atoms with E-state index in [1.165, 1.54) is 17.5 Å². The summed E-state index contributed by atoms with van der Waals surface area (Å²) < 4.78 is 1.54. The van der Waals surface area contributed by atoms with Gasteiger partial charge in [-0.25, -0.2) is 4.68 Å². The third-order valence-electron chi connectivity index (χ3n) is 5.48. The molecule has 1 aromatic heterocycles. The van der Waals surface area contributed by atoms with Crippen LogP contribution in [0.4, 0.5) is 0 Å². The number of likely N-dealkylation sites (tertiary alicyclic amines) is 2. The fourth-order valence-electron chi connectivity index (χ4n) is 3.96. The molecule has 124 valence electrons. The predicted octanol–water partition coefficient (Wildman–Crippen LogP) is 0.529. The highest BCUT2D eigenvalue weighted by molar-refractivity contribution is 5.86. The molecule has 0 radical (unpaired) electrons. The second-order valence-electron chi connectivity index (χ2n) is 7.24. The molecule has 1 aromatic rings. The minimum Gasteiger partial charge on any atom is -0.342 e. The van der Waals surface area contributed by atoms with Crippen LogP contribution in [-0.2, 0) is 16.1 Å². The maximum absolute atomic E-state index is 13.0. The monoisotopic (exact) mass is 317 g/mol. The van der Waals surface area contributed by atoms with Gasteiger partial charge in [0.15, 0.2) is 0 Å². The van der Waals surface area contributed by atoms with Crippen molar-refractivity contribution >= 4 is 11.8 Å². The van der Waals surface area contributed by atoms with Gasteiger partial charge in [-0.15, -0.1) is 5.10 Å². The topological polar surface area (TPSA) is 71.3 Å². The lowest BCUT2D eigenvalue weighted by atomic mass is 9.78. The van der Waals surface area contributed by atoms with Crippen LogP contribution in [0.1, 0.15) is 32.1 Å². The summed E-state index contributed by atoms with van der Waals surface area (Å²) in [5.74, 6) is 1.03. The van der Waals surface area contributed by atoms with Crippen LogP contribution >= 0.6 is 0 Å². The van der Waals surface area contributed by atoms with Crippen molar-refractivity contribution in [3.63, 3.8) is 0 Å². The standard InChI is InChI=1S/C16H23N5O2/c22-14(11-21-9-6-17-18-21)20-8-5-16(12-20)4-1-7-19(15(16)23)10-13-2-3-13/h6,9,13H,1-5,7-8,10-12H2. The molecule has 0 bridgehead atoms. The van der Waals surface area contributed by atoms with Crippen LogP contribution < -0.4 is 0 Å². The molecule has 7 heteroatoms. The molecule has 7 nitrogen and oxygen atoms in total. The van der Waals surface area contributed by atoms with Crippen LogP contribution in [0.3, 0.4) is 0 Å². The first-order valence-corrected chi connectivity index (χ1v) is 8.58. The molecular weight excluding hydrogens is 294 g/mol. The Kier molecular flexibility index (Phi) is 3.58. The van der Waals surface area contributed by atoms with Crippen molar-refractivity contribution < 1.29 is 9.59 Å². The molecule has 1 spiro atoms. The largest absolute Gasteiger partial charge is 0.342 e. The Morgan fingerprint density at radius 3 is 2.91 bits per heavy atom. The molecule has 2 aliphatic heterocycles. The van der Waals surface area contributed by atoms with Gasteiger partial charge in [-0.3, -0.25) is 9.59 Å². The lowest BCUT2D eigenvalue weighted by Gasteiger charge is -2.39. The molecule has 1 unspecified atom stereocenters. The molecule has 4 rings (SSSR count). The number of aromatic nitrogens is 3. The molecule has 0 aromatic carbocycles. The summed E-state index contributed by atoms with van der Waals surface area (Å²) >= 11 is 0. The van der Waals surface area contributed by atoms with E-state index in [0.29, 0.717) is 13.1 Å². The van der Waals surface area contributed by atoms with E-state index < -0.39 is 0 Å². The zero-order chi connectivity index (χ0) is 15.9. The Morgan fingerprint density at radius 1 is 1.30 bits per heavy atom. The van der Waals surface area contributed by atoms with Gasteiger partial charge in [0.05, 0.1) is 11.6 Å². The lowest BCUT2D eigenvalue weighted by Crippen LogP contribution is -2.51. The molecule has 2 amide bonds. The van der Waals surface area contributed by atoms with Crippen molar-refractivity contribution in [1.29, 1.82) is 0 Å². The van der Waals surface area contributed by atoms with E-state index >= 15 is 0 Å². The van der Waals surface area contributed by atoms with Gasteiger partial charge < -0.3 is 9.80 Å². The number of carbonyl (C=O) groups excluding carboxylic acids is 2. The first-order chi connectivity index (χ1) is 11.2. The van der Waals surface area contributed by atoms with Crippen LogP contribution in [0.25, 0.3) is 0 Å². The summed E-state index contributed by atoms with van der Waals surface area (Å²) in [4.78, 5) is 29.3. The second-order valence-corrected chi connectivity index (χ2v) is 7.24. The predicted molar refractivity (Wildman–Crippen MR) is 82.2 cm³/mol. The fourth-order valence-corrected chi connectivity index (χ4v) is 3.96. The van der Waals surface area contributed by atoms with Crippen molar-refractivity contribution in [3.05, 3.63) is 12.4 Å². The zero-order valence-electron chi connectivity index (χ0n) is 13.4. The number of piperidine rings is 1. The molecule has 3 aliphatic rings. The van der Waals surface area contributed by atoms with Gasteiger partial charge >= 0.3 is 0 Å². The van der Waals surface area contributed by atoms with E-state index in [-0.39, 0.29) is 23.8 Å². The van der Waals surface area contributed by atoms with Gasteiger partial charge in [0.1, 0.15) is 6.54 Å². The van der Waals surface area contributed by atoms with Crippen LogP contribution in [0, 0.1) is 11.3 Å². The third-order valence-corrected chi connectivity index (χ3v) is 5.48. The zero-order valence-corrected chi connectivity index (χ0v) is 13.4. The van der Waals surface area contributed by atoms with Crippen LogP contribution in [0.2, 0.25) is 0 Å². The summed E-state index contributed by atoms with van der Waals surface area (Å²) in [6, 6.07) is 0. The summed E-state index contributed by atoms with van der Waals surface area (Å²) in [7, 11) is 0. The quantitative estimate of drug-likeness (QED) is 0.812. The van der Waals surface area contributed by atoms with Crippen molar-refractivity contribution in [2.24, 2.45) is 11.3 Å². The van der Waals surface area contributed by atoms with Crippen molar-refractivity contribution in [3.8, 4) is 0 Å². The van der Waals surface area contributed by atoms with Crippen molar-refractivity contribution in [2.45, 2.75) is 38.6 Å². The molecule has 3 heterocycles. The number of hydrogen-bond acceptors (Lipinski definition) is 4. The molecular formula is C16H23N5O2. The highest BCUT2D eigenvalue weighted by Crippen LogP contribution is 2.41. The molecule has 2 saturated heterocycles. The maximum Gasteiger partial charge on any atom is 0.244 e. The maximum atomic E-state index is 13.0. The fraction of sp³-hybridized carbons (Fsp3) is 0.750. The van der Waals surface area contributed by atoms with E-state index in [4.69, 9.17) is 0 Å². The van der Waals surface area contributed by atoms with Crippen molar-refractivity contribution in [1.82, 2.24) is 24.8 Å². The highest BCUT2D eigenvalue weighted by atomic mass is 16.2. The van der Waals surface area contributed by atoms with Gasteiger partial charge in [0.2, 0.25) is 11.8 Å². The van der Waals surface area contributed by atoms with Gasteiger partial charge in [-0.1, -0.05) is 5.21 Å². The number of hydrogen-bond donors (Lipinski definition) is 0. The Morgan fingerprint density at radius 2 is 2.17 bits per heavy atom. The molecule has 1 saturated carbocycles. The van der Waals surface area contributed by atoms with E-state index in [1.807, 2.05) is 4.90 Å². The van der Waals surface area contributed by atoms with Crippen LogP contribution in [0.5, 0.6) is 0 Å². The third kappa shape index (κ3) is 2.84. The smallest absolute Gasteiger partial charge is 0.244 e. The Labute approximate surface area is 135 Å². The number of nitrogens with zero attached hydrogens (tertiary/aromatic N) is 5. The van der Waals surface area contributed by atoms with E-state index in [2.05, 4.69) is 15.2 Å². The first kappa shape index (κ1) is 14.7. The normalized spacial score (nSPS) is 27.9. The Bertz CT molecular complexity index is 598. The number of rotatable bonds is 4. The van der Waals surface area contributed by atoms with Crippen LogP contribution in [-0.4, -0.2) is 62.8 Å². The van der Waals surface area contributed by atoms with Gasteiger partial charge in [0.25, 0.3) is 0 Å². The van der Waals surface area contributed by atoms with Crippen molar-refractivity contribution in [2.75, 3.05) is 26.2 Å². The van der Waals surface area contributed by atoms with E-state index in [9.17, 15) is 9.59 Å². The van der Waals surface area contributed by atoms with E-state index in [0.717, 1.165) is 38.3 Å². The molecule has 23 heavy (non-hydrogen) atoms. The minimum atomic E-state index is -0.328. The average molecular weight is 317 g/mol. The van der Waals surface area contributed by atoms with Gasteiger partial charge in [0, 0.05) is 32.4 Å². The van der Waals surface area contributed by atoms with Crippen LogP contribution in [0.15, 0.2) is 12.4 Å². The van der Waals surface area contributed by atoms with E-state index in [1.54, 1.807) is 12.4 Å². The first-order valence-electron chi connectivity index (χ1n) is 8.58. The average Bonchev–Trinajstić information content (AvgIpc) is 3.03. The van der Waals surface area contributed by atoms with Gasteiger partial charge in [-0.2, -0.15) is 0 Å². The Hall–Kier alpha value is -1.92. The summed E-state index contributed by atoms with van der Waals surface area (Å²) in [5.41, 5.74) is -0.328. The summed E-state index contributed by atoms with van der Waals surface area (Å²) in [6.07, 6.45) is 8.56.